The summed E-state index contributed by atoms with van der Waals surface area (Å²) >= 11 is 0. The van der Waals surface area contributed by atoms with E-state index in [0.29, 0.717) is 11.6 Å². The van der Waals surface area contributed by atoms with E-state index in [9.17, 15) is 9.59 Å². The molecule has 8 heteroatoms. The first kappa shape index (κ1) is 18.4. The maximum Gasteiger partial charge on any atom is 0.345 e. The number of pyridine rings is 1. The highest BCUT2D eigenvalue weighted by Gasteiger charge is 2.15. The molecular weight excluding hydrogens is 346 g/mol. The van der Waals surface area contributed by atoms with Gasteiger partial charge in [-0.05, 0) is 31.2 Å². The van der Waals surface area contributed by atoms with Crippen molar-refractivity contribution in [2.24, 2.45) is 7.05 Å². The largest absolute Gasteiger partial charge is 0.481 e. The molecule has 3 aromatic rings. The molecule has 1 amide bonds. The Labute approximate surface area is 156 Å². The van der Waals surface area contributed by atoms with Gasteiger partial charge in [0.15, 0.2) is 11.9 Å². The third-order valence-corrected chi connectivity index (χ3v) is 4.01. The highest BCUT2D eigenvalue weighted by atomic mass is 16.5. The van der Waals surface area contributed by atoms with Crippen LogP contribution in [0, 0.1) is 0 Å². The lowest BCUT2D eigenvalue weighted by Crippen LogP contribution is -2.39. The Hall–Kier alpha value is -3.42. The molecule has 0 aliphatic rings. The zero-order valence-corrected chi connectivity index (χ0v) is 15.2. The Morgan fingerprint density at radius 3 is 2.70 bits per heavy atom. The van der Waals surface area contributed by atoms with Crippen molar-refractivity contribution in [3.05, 3.63) is 65.3 Å². The average Bonchev–Trinajstić information content (AvgIpc) is 2.98. The smallest absolute Gasteiger partial charge is 0.345 e. The summed E-state index contributed by atoms with van der Waals surface area (Å²) in [5.41, 5.74) is 0.501. The molecule has 8 nitrogen and oxygen atoms in total. The number of para-hydroxylation sites is 1. The molecule has 1 N–H and O–H groups in total. The minimum atomic E-state index is -0.640. The number of ether oxygens (including phenoxy) is 1. The van der Waals surface area contributed by atoms with Gasteiger partial charge in [-0.2, -0.15) is 0 Å². The number of hydrogen-bond acceptors (Lipinski definition) is 5. The predicted octanol–water partition coefficient (Wildman–Crippen LogP) is 1.23. The van der Waals surface area contributed by atoms with Gasteiger partial charge in [-0.25, -0.2) is 9.48 Å². The van der Waals surface area contributed by atoms with Crippen molar-refractivity contribution >= 4 is 5.91 Å². The van der Waals surface area contributed by atoms with Crippen LogP contribution in [0.5, 0.6) is 5.75 Å². The molecule has 0 radical (unpaired) electrons. The summed E-state index contributed by atoms with van der Waals surface area (Å²) in [6.07, 6.45) is 2.67. The monoisotopic (exact) mass is 367 g/mol. The second-order valence-corrected chi connectivity index (χ2v) is 5.99. The van der Waals surface area contributed by atoms with Crippen molar-refractivity contribution in [2.45, 2.75) is 19.6 Å². The quantitative estimate of drug-likeness (QED) is 0.678. The zero-order chi connectivity index (χ0) is 19.2. The Kier molecular flexibility index (Phi) is 5.65. The van der Waals surface area contributed by atoms with Crippen LogP contribution in [0.15, 0.2) is 59.7 Å². The first-order valence-corrected chi connectivity index (χ1v) is 8.60. The topological polar surface area (TPSA) is 91.0 Å². The van der Waals surface area contributed by atoms with Gasteiger partial charge in [0.2, 0.25) is 0 Å². The van der Waals surface area contributed by atoms with Crippen molar-refractivity contribution in [1.29, 1.82) is 0 Å². The van der Waals surface area contributed by atoms with Crippen molar-refractivity contribution in [3.63, 3.8) is 0 Å². The van der Waals surface area contributed by atoms with Gasteiger partial charge >= 0.3 is 5.69 Å². The van der Waals surface area contributed by atoms with Crippen LogP contribution in [-0.4, -0.2) is 37.9 Å². The second-order valence-electron chi connectivity index (χ2n) is 5.99. The van der Waals surface area contributed by atoms with E-state index in [4.69, 9.17) is 4.74 Å². The Bertz CT molecular complexity index is 950. The maximum absolute atomic E-state index is 12.3. The molecule has 2 aromatic heterocycles. The number of amides is 1. The van der Waals surface area contributed by atoms with E-state index >= 15 is 0 Å². The van der Waals surface area contributed by atoms with Gasteiger partial charge in [0, 0.05) is 31.5 Å². The number of carbonyl (C=O) groups excluding carboxylic acids is 1. The van der Waals surface area contributed by atoms with Crippen molar-refractivity contribution in [1.82, 2.24) is 24.6 Å². The van der Waals surface area contributed by atoms with Gasteiger partial charge in [-0.1, -0.05) is 18.2 Å². The van der Waals surface area contributed by atoms with Gasteiger partial charge in [0.1, 0.15) is 5.75 Å². The van der Waals surface area contributed by atoms with Crippen LogP contribution in [0.4, 0.5) is 0 Å². The summed E-state index contributed by atoms with van der Waals surface area (Å²) in [5.74, 6) is 0.901. The van der Waals surface area contributed by atoms with Gasteiger partial charge in [0.25, 0.3) is 5.91 Å². The molecule has 0 fully saturated rings. The lowest BCUT2D eigenvalue weighted by Gasteiger charge is -2.14. The van der Waals surface area contributed by atoms with E-state index in [1.807, 2.05) is 24.3 Å². The molecule has 2 heterocycles. The molecular formula is C19H21N5O3. The van der Waals surface area contributed by atoms with Crippen LogP contribution in [0.2, 0.25) is 0 Å². The molecule has 0 saturated carbocycles. The molecule has 3 rings (SSSR count). The van der Waals surface area contributed by atoms with E-state index in [1.54, 1.807) is 44.6 Å². The fourth-order valence-electron chi connectivity index (χ4n) is 2.57. The van der Waals surface area contributed by atoms with E-state index in [-0.39, 0.29) is 24.7 Å². The highest BCUT2D eigenvalue weighted by Crippen LogP contribution is 2.12. The highest BCUT2D eigenvalue weighted by molar-refractivity contribution is 5.80. The van der Waals surface area contributed by atoms with E-state index in [0.717, 1.165) is 5.56 Å². The fraction of sp³-hybridized carbons (Fsp3) is 0.263. The third-order valence-electron chi connectivity index (χ3n) is 4.01. The maximum atomic E-state index is 12.3. The average molecular weight is 367 g/mol. The van der Waals surface area contributed by atoms with Gasteiger partial charge in [0.05, 0.1) is 6.54 Å². The van der Waals surface area contributed by atoms with Crippen LogP contribution >= 0.6 is 0 Å². The zero-order valence-electron chi connectivity index (χ0n) is 15.2. The van der Waals surface area contributed by atoms with Gasteiger partial charge < -0.3 is 10.1 Å². The third kappa shape index (κ3) is 4.41. The summed E-state index contributed by atoms with van der Waals surface area (Å²) in [6, 6.07) is 12.8. The number of nitrogens with zero attached hydrogens (tertiary/aromatic N) is 4. The molecule has 0 saturated heterocycles. The molecule has 0 aliphatic heterocycles. The molecule has 0 bridgehead atoms. The molecule has 27 heavy (non-hydrogen) atoms. The van der Waals surface area contributed by atoms with Crippen molar-refractivity contribution in [3.8, 4) is 17.1 Å². The van der Waals surface area contributed by atoms with Gasteiger partial charge in [-0.15, -0.1) is 5.10 Å². The minimum absolute atomic E-state index is 0.253. The standard InChI is InChI=1S/C19H21N5O3/c1-14(27-16-8-4-3-5-9-16)18(25)21-11-12-24-19(26)23(2)17(22-24)15-7-6-10-20-13-15/h3-10,13-14H,11-12H2,1-2H3,(H,21,25). The molecule has 1 atom stereocenters. The number of carbonyl (C=O) groups is 1. The Morgan fingerprint density at radius 2 is 2.00 bits per heavy atom. The summed E-state index contributed by atoms with van der Waals surface area (Å²) in [6.45, 7) is 2.21. The lowest BCUT2D eigenvalue weighted by molar-refractivity contribution is -0.127. The number of aromatic nitrogens is 4. The number of rotatable bonds is 7. The minimum Gasteiger partial charge on any atom is -0.481 e. The summed E-state index contributed by atoms with van der Waals surface area (Å²) in [4.78, 5) is 28.5. The molecule has 1 unspecified atom stereocenters. The summed E-state index contributed by atoms with van der Waals surface area (Å²) in [7, 11) is 1.66. The number of hydrogen-bond donors (Lipinski definition) is 1. The SMILES string of the molecule is CC(Oc1ccccc1)C(=O)NCCn1nc(-c2cccnc2)n(C)c1=O. The second kappa shape index (κ2) is 8.31. The van der Waals surface area contributed by atoms with Gasteiger partial charge in [-0.3, -0.25) is 14.3 Å². The summed E-state index contributed by atoms with van der Waals surface area (Å²) < 4.78 is 8.36. The van der Waals surface area contributed by atoms with E-state index in [2.05, 4.69) is 15.4 Å². The molecule has 0 aliphatic carbocycles. The van der Waals surface area contributed by atoms with Crippen LogP contribution in [0.25, 0.3) is 11.4 Å². The number of benzene rings is 1. The van der Waals surface area contributed by atoms with E-state index < -0.39 is 6.10 Å². The predicted molar refractivity (Wildman–Crippen MR) is 100 cm³/mol. The van der Waals surface area contributed by atoms with Crippen LogP contribution in [-0.2, 0) is 18.4 Å². The van der Waals surface area contributed by atoms with Crippen LogP contribution < -0.4 is 15.7 Å². The molecule has 0 spiro atoms. The van der Waals surface area contributed by atoms with Crippen molar-refractivity contribution in [2.75, 3.05) is 6.54 Å². The Balaban J connectivity index is 1.57. The molecule has 140 valence electrons. The normalized spacial score (nSPS) is 11.8. The van der Waals surface area contributed by atoms with Crippen molar-refractivity contribution < 1.29 is 9.53 Å². The first-order chi connectivity index (χ1) is 13.1. The Morgan fingerprint density at radius 1 is 1.22 bits per heavy atom. The fourth-order valence-corrected chi connectivity index (χ4v) is 2.57. The molecule has 1 aromatic carbocycles. The number of nitrogens with one attached hydrogen (secondary N) is 1. The first-order valence-electron chi connectivity index (χ1n) is 8.60. The van der Waals surface area contributed by atoms with Crippen LogP contribution in [0.3, 0.4) is 0 Å². The summed E-state index contributed by atoms with van der Waals surface area (Å²) in [5, 5.41) is 7.10. The lowest BCUT2D eigenvalue weighted by atomic mass is 10.3. The van der Waals surface area contributed by atoms with Crippen LogP contribution in [0.1, 0.15) is 6.92 Å². The van der Waals surface area contributed by atoms with E-state index in [1.165, 1.54) is 9.25 Å².